The van der Waals surface area contributed by atoms with Crippen LogP contribution in [0.1, 0.15) is 18.5 Å². The average molecular weight is 300 g/mol. The maximum absolute atomic E-state index is 13.8. The van der Waals surface area contributed by atoms with Crippen molar-refractivity contribution in [2.24, 2.45) is 5.14 Å². The van der Waals surface area contributed by atoms with Crippen LogP contribution in [0.3, 0.4) is 0 Å². The van der Waals surface area contributed by atoms with Gasteiger partial charge in [0.1, 0.15) is 5.82 Å². The summed E-state index contributed by atoms with van der Waals surface area (Å²) in [6.07, 6.45) is 0. The van der Waals surface area contributed by atoms with Gasteiger partial charge in [-0.05, 0) is 47.5 Å². The first-order valence-electron chi connectivity index (χ1n) is 5.49. The molecule has 1 atom stereocenters. The van der Waals surface area contributed by atoms with E-state index in [1.807, 2.05) is 23.8 Å². The molecule has 0 aliphatic heterocycles. The summed E-state index contributed by atoms with van der Waals surface area (Å²) in [5.74, 6) is -0.645. The highest BCUT2D eigenvalue weighted by atomic mass is 32.2. The molecular weight excluding hydrogens is 287 g/mol. The second-order valence-corrected chi connectivity index (χ2v) is 6.45. The molecule has 1 unspecified atom stereocenters. The highest BCUT2D eigenvalue weighted by Crippen LogP contribution is 2.24. The summed E-state index contributed by atoms with van der Waals surface area (Å²) < 4.78 is 36.0. The summed E-state index contributed by atoms with van der Waals surface area (Å²) in [6.45, 7) is 1.90. The maximum Gasteiger partial charge on any atom is 0.238 e. The predicted octanol–water partition coefficient (Wildman–Crippen LogP) is 2.71. The van der Waals surface area contributed by atoms with Crippen LogP contribution >= 0.6 is 11.3 Å². The van der Waals surface area contributed by atoms with Crippen molar-refractivity contribution in [1.82, 2.24) is 0 Å². The minimum absolute atomic E-state index is 0.0684. The van der Waals surface area contributed by atoms with Crippen molar-refractivity contribution in [1.29, 1.82) is 0 Å². The molecular formula is C12H13FN2O2S2. The third-order valence-electron chi connectivity index (χ3n) is 2.68. The zero-order chi connectivity index (χ0) is 14.0. The molecule has 0 saturated carbocycles. The van der Waals surface area contributed by atoms with Crippen LogP contribution in [0.15, 0.2) is 39.9 Å². The number of sulfonamides is 1. The van der Waals surface area contributed by atoms with Gasteiger partial charge >= 0.3 is 0 Å². The molecule has 0 fully saturated rings. The topological polar surface area (TPSA) is 72.2 Å². The van der Waals surface area contributed by atoms with E-state index < -0.39 is 15.8 Å². The maximum atomic E-state index is 13.8. The number of benzene rings is 1. The number of rotatable bonds is 4. The normalized spacial score (nSPS) is 13.2. The van der Waals surface area contributed by atoms with E-state index in [1.165, 1.54) is 12.1 Å². The number of nitrogens with two attached hydrogens (primary N) is 1. The van der Waals surface area contributed by atoms with Crippen LogP contribution in [0.25, 0.3) is 0 Å². The molecule has 0 amide bonds. The Kier molecular flexibility index (Phi) is 3.88. The van der Waals surface area contributed by atoms with E-state index in [1.54, 1.807) is 11.3 Å². The molecule has 2 rings (SSSR count). The zero-order valence-electron chi connectivity index (χ0n) is 10.1. The van der Waals surface area contributed by atoms with Gasteiger partial charge in [0.15, 0.2) is 0 Å². The van der Waals surface area contributed by atoms with Crippen LogP contribution in [-0.4, -0.2) is 8.42 Å². The van der Waals surface area contributed by atoms with E-state index in [4.69, 9.17) is 5.14 Å². The lowest BCUT2D eigenvalue weighted by atomic mass is 10.1. The summed E-state index contributed by atoms with van der Waals surface area (Å²) in [6, 6.07) is 5.44. The molecule has 0 spiro atoms. The minimum Gasteiger partial charge on any atom is -0.376 e. The quantitative estimate of drug-likeness (QED) is 0.912. The first-order valence-corrected chi connectivity index (χ1v) is 7.98. The van der Waals surface area contributed by atoms with Gasteiger partial charge in [-0.25, -0.2) is 17.9 Å². The first kappa shape index (κ1) is 14.0. The Morgan fingerprint density at radius 1 is 1.37 bits per heavy atom. The summed E-state index contributed by atoms with van der Waals surface area (Å²) in [5.41, 5.74) is 1.28. The average Bonchev–Trinajstić information content (AvgIpc) is 2.84. The lowest BCUT2D eigenvalue weighted by Gasteiger charge is -2.15. The number of primary sulfonamides is 1. The molecule has 0 bridgehead atoms. The molecule has 0 aliphatic carbocycles. The molecule has 0 saturated heterocycles. The Balaban J connectivity index is 2.23. The zero-order valence-corrected chi connectivity index (χ0v) is 11.8. The monoisotopic (exact) mass is 300 g/mol. The Morgan fingerprint density at radius 3 is 2.63 bits per heavy atom. The fourth-order valence-corrected chi connectivity index (χ4v) is 2.91. The summed E-state index contributed by atoms with van der Waals surface area (Å²) in [5, 5.41) is 11.8. The number of hydrogen-bond donors (Lipinski definition) is 2. The summed E-state index contributed by atoms with van der Waals surface area (Å²) in [4.78, 5) is -0.237. The third-order valence-corrected chi connectivity index (χ3v) is 4.30. The minimum atomic E-state index is -3.88. The molecule has 2 aromatic rings. The molecule has 0 radical (unpaired) electrons. The van der Waals surface area contributed by atoms with E-state index in [-0.39, 0.29) is 16.6 Å². The molecule has 102 valence electrons. The van der Waals surface area contributed by atoms with E-state index >= 15 is 0 Å². The van der Waals surface area contributed by atoms with Gasteiger partial charge in [-0.15, -0.1) is 0 Å². The standard InChI is InChI=1S/C12H13FN2O2S2/c1-8(9-4-5-18-7-9)15-12-3-2-10(6-11(12)13)19(14,16)17/h2-8,15H,1H3,(H2,14,16,17). The first-order chi connectivity index (χ1) is 8.88. The molecule has 19 heavy (non-hydrogen) atoms. The summed E-state index contributed by atoms with van der Waals surface area (Å²) in [7, 11) is -3.88. The number of hydrogen-bond acceptors (Lipinski definition) is 4. The van der Waals surface area contributed by atoms with Crippen molar-refractivity contribution in [2.75, 3.05) is 5.32 Å². The van der Waals surface area contributed by atoms with Crippen molar-refractivity contribution >= 4 is 27.0 Å². The summed E-state index contributed by atoms with van der Waals surface area (Å²) >= 11 is 1.56. The molecule has 1 heterocycles. The Morgan fingerprint density at radius 2 is 2.11 bits per heavy atom. The van der Waals surface area contributed by atoms with Gasteiger partial charge in [0.25, 0.3) is 0 Å². The Hall–Kier alpha value is -1.44. The molecule has 3 N–H and O–H groups in total. The molecule has 1 aromatic carbocycles. The van der Waals surface area contributed by atoms with E-state index in [9.17, 15) is 12.8 Å². The lowest BCUT2D eigenvalue weighted by Crippen LogP contribution is -2.13. The highest BCUT2D eigenvalue weighted by molar-refractivity contribution is 7.89. The van der Waals surface area contributed by atoms with Crippen LogP contribution in [0, 0.1) is 5.82 Å². The van der Waals surface area contributed by atoms with E-state index in [0.29, 0.717) is 0 Å². The molecule has 4 nitrogen and oxygen atoms in total. The van der Waals surface area contributed by atoms with Crippen LogP contribution in [0.5, 0.6) is 0 Å². The van der Waals surface area contributed by atoms with E-state index in [0.717, 1.165) is 11.6 Å². The van der Waals surface area contributed by atoms with Crippen molar-refractivity contribution in [2.45, 2.75) is 17.9 Å². The van der Waals surface area contributed by atoms with Crippen LogP contribution in [0.4, 0.5) is 10.1 Å². The van der Waals surface area contributed by atoms with Crippen molar-refractivity contribution in [3.63, 3.8) is 0 Å². The molecule has 1 aromatic heterocycles. The van der Waals surface area contributed by atoms with Crippen molar-refractivity contribution in [3.05, 3.63) is 46.4 Å². The number of nitrogens with one attached hydrogen (secondary N) is 1. The third kappa shape index (κ3) is 3.31. The van der Waals surface area contributed by atoms with Crippen molar-refractivity contribution in [3.8, 4) is 0 Å². The lowest BCUT2D eigenvalue weighted by molar-refractivity contribution is 0.592. The smallest absolute Gasteiger partial charge is 0.238 e. The largest absolute Gasteiger partial charge is 0.376 e. The van der Waals surface area contributed by atoms with Crippen molar-refractivity contribution < 1.29 is 12.8 Å². The van der Waals surface area contributed by atoms with Crippen LogP contribution < -0.4 is 10.5 Å². The second kappa shape index (κ2) is 5.28. The van der Waals surface area contributed by atoms with Gasteiger partial charge in [0.05, 0.1) is 10.6 Å². The Labute approximate surface area is 115 Å². The molecule has 7 heteroatoms. The van der Waals surface area contributed by atoms with Gasteiger partial charge in [-0.2, -0.15) is 11.3 Å². The van der Waals surface area contributed by atoms with Gasteiger partial charge in [0.2, 0.25) is 10.0 Å². The van der Waals surface area contributed by atoms with Gasteiger partial charge < -0.3 is 5.32 Å². The van der Waals surface area contributed by atoms with Gasteiger partial charge in [-0.3, -0.25) is 0 Å². The van der Waals surface area contributed by atoms with E-state index in [2.05, 4.69) is 5.32 Å². The fraction of sp³-hybridized carbons (Fsp3) is 0.167. The fourth-order valence-electron chi connectivity index (χ4n) is 1.63. The molecule has 0 aliphatic rings. The number of anilines is 1. The SMILES string of the molecule is CC(Nc1ccc(S(N)(=O)=O)cc1F)c1ccsc1. The predicted molar refractivity (Wildman–Crippen MR) is 74.1 cm³/mol. The Bertz CT molecular complexity index is 669. The second-order valence-electron chi connectivity index (χ2n) is 4.11. The highest BCUT2D eigenvalue weighted by Gasteiger charge is 2.13. The van der Waals surface area contributed by atoms with Gasteiger partial charge in [0, 0.05) is 6.04 Å². The van der Waals surface area contributed by atoms with Gasteiger partial charge in [-0.1, -0.05) is 0 Å². The van der Waals surface area contributed by atoms with Crippen LogP contribution in [0.2, 0.25) is 0 Å². The number of thiophene rings is 1. The van der Waals surface area contributed by atoms with Crippen LogP contribution in [-0.2, 0) is 10.0 Å². The number of halogens is 1.